The van der Waals surface area contributed by atoms with Gasteiger partial charge >= 0.3 is 0 Å². The molecule has 6 rings (SSSR count). The van der Waals surface area contributed by atoms with Crippen molar-refractivity contribution >= 4 is 29.5 Å². The maximum Gasteiger partial charge on any atom is 0.247 e. The summed E-state index contributed by atoms with van der Waals surface area (Å²) < 4.78 is -0.857. The van der Waals surface area contributed by atoms with Crippen LogP contribution in [0, 0.1) is 11.8 Å². The number of carbonyl (C=O) groups excluding carboxylic acids is 3. The quantitative estimate of drug-likeness (QED) is 0.549. The van der Waals surface area contributed by atoms with E-state index in [-0.39, 0.29) is 35.6 Å². The lowest BCUT2D eigenvalue weighted by Crippen LogP contribution is -2.56. The van der Waals surface area contributed by atoms with E-state index in [0.29, 0.717) is 19.6 Å². The first-order chi connectivity index (χ1) is 19.0. The van der Waals surface area contributed by atoms with E-state index in [2.05, 4.69) is 31.2 Å². The zero-order valence-electron chi connectivity index (χ0n) is 22.7. The van der Waals surface area contributed by atoms with Gasteiger partial charge in [-0.1, -0.05) is 80.8 Å². The van der Waals surface area contributed by atoms with E-state index in [1.807, 2.05) is 40.1 Å². The third-order valence-electron chi connectivity index (χ3n) is 9.41. The summed E-state index contributed by atoms with van der Waals surface area (Å²) in [4.78, 5) is 48.9. The Bertz CT molecular complexity index is 1170. The summed E-state index contributed by atoms with van der Waals surface area (Å²) in [6.45, 7) is 3.48. The average molecular weight is 550 g/mol. The molecule has 0 aromatic heterocycles. The van der Waals surface area contributed by atoms with Gasteiger partial charge < -0.3 is 19.8 Å². The largest absolute Gasteiger partial charge is 0.394 e. The second kappa shape index (κ2) is 10.8. The van der Waals surface area contributed by atoms with E-state index in [0.717, 1.165) is 37.7 Å². The van der Waals surface area contributed by atoms with E-state index < -0.39 is 28.7 Å². The molecule has 1 N–H and O–H groups in total. The van der Waals surface area contributed by atoms with Crippen LogP contribution >= 0.6 is 11.8 Å². The molecule has 1 saturated carbocycles. The Hall–Kier alpha value is -2.58. The standard InChI is InChI=1S/C31H39N3O4S/c1-2-17-32-18-9-15-24-25(28(32)36)26-29(37)34(23(20-35)21-11-5-3-6-12-21)27-30(38)33(22-13-7-4-8-14-22)19-10-16-31(26,27)39-24/h3,5-6,9-12,15-16,22-27,35H,2,4,7-8,13-14,17-20H2,1H3/t23-,24+,25-,26+,27?,31+/m1/s1. The third kappa shape index (κ3) is 4.26. The van der Waals surface area contributed by atoms with Gasteiger partial charge in [-0.2, -0.15) is 0 Å². The predicted octanol–water partition coefficient (Wildman–Crippen LogP) is 3.56. The fraction of sp³-hybridized carbons (Fsp3) is 0.581. The molecule has 3 amide bonds. The lowest BCUT2D eigenvalue weighted by molar-refractivity contribution is -0.148. The number of fused-ring (bicyclic) bond motifs is 2. The van der Waals surface area contributed by atoms with Crippen LogP contribution in [0.3, 0.4) is 0 Å². The zero-order chi connectivity index (χ0) is 27.1. The highest BCUT2D eigenvalue weighted by Gasteiger charge is 2.72. The van der Waals surface area contributed by atoms with Gasteiger partial charge in [0, 0.05) is 30.9 Å². The normalized spacial score (nSPS) is 33.6. The van der Waals surface area contributed by atoms with E-state index in [1.165, 1.54) is 6.42 Å². The Morgan fingerprint density at radius 3 is 2.49 bits per heavy atom. The number of thioether (sulfide) groups is 1. The van der Waals surface area contributed by atoms with Crippen molar-refractivity contribution in [1.82, 2.24) is 14.7 Å². The number of nitrogens with zero attached hydrogens (tertiary/aromatic N) is 3. The molecule has 5 aliphatic rings. The average Bonchev–Trinajstić information content (AvgIpc) is 3.28. The molecule has 8 heteroatoms. The number of hydrogen-bond donors (Lipinski definition) is 1. The highest BCUT2D eigenvalue weighted by Crippen LogP contribution is 2.62. The van der Waals surface area contributed by atoms with Crippen LogP contribution in [-0.2, 0) is 14.4 Å². The van der Waals surface area contributed by atoms with Gasteiger partial charge in [-0.25, -0.2) is 0 Å². The minimum atomic E-state index is -0.857. The number of likely N-dealkylation sites (tertiary alicyclic amines) is 1. The molecule has 0 bridgehead atoms. The molecule has 1 unspecified atom stereocenters. The van der Waals surface area contributed by atoms with Crippen LogP contribution in [0.5, 0.6) is 0 Å². The minimum absolute atomic E-state index is 0.00432. The molecule has 0 radical (unpaired) electrons. The van der Waals surface area contributed by atoms with Gasteiger partial charge in [0.25, 0.3) is 0 Å². The van der Waals surface area contributed by atoms with Gasteiger partial charge in [-0.3, -0.25) is 14.4 Å². The predicted molar refractivity (Wildman–Crippen MR) is 152 cm³/mol. The molecule has 1 aromatic carbocycles. The fourth-order valence-corrected chi connectivity index (χ4v) is 9.70. The van der Waals surface area contributed by atoms with E-state index in [4.69, 9.17) is 0 Å². The second-order valence-electron chi connectivity index (χ2n) is 11.6. The van der Waals surface area contributed by atoms with Crippen molar-refractivity contribution in [2.24, 2.45) is 11.8 Å². The Balaban J connectivity index is 1.47. The number of carbonyl (C=O) groups is 3. The highest BCUT2D eigenvalue weighted by molar-refractivity contribution is 8.02. The number of rotatable bonds is 6. The second-order valence-corrected chi connectivity index (χ2v) is 13.1. The van der Waals surface area contributed by atoms with Crippen molar-refractivity contribution in [3.8, 4) is 0 Å². The van der Waals surface area contributed by atoms with Crippen LogP contribution in [-0.4, -0.2) is 85.8 Å². The van der Waals surface area contributed by atoms with Crippen LogP contribution in [0.1, 0.15) is 57.1 Å². The number of hydrogen-bond acceptors (Lipinski definition) is 5. The first-order valence-electron chi connectivity index (χ1n) is 14.6. The first-order valence-corrected chi connectivity index (χ1v) is 15.5. The Morgan fingerprint density at radius 1 is 1.00 bits per heavy atom. The van der Waals surface area contributed by atoms with Gasteiger partial charge in [0.2, 0.25) is 17.7 Å². The maximum absolute atomic E-state index is 14.7. The fourth-order valence-electron chi connectivity index (χ4n) is 7.70. The smallest absolute Gasteiger partial charge is 0.247 e. The van der Waals surface area contributed by atoms with Crippen molar-refractivity contribution in [1.29, 1.82) is 0 Å². The number of aliphatic hydroxyl groups is 1. The molecule has 1 aliphatic carbocycles. The Labute approximate surface area is 235 Å². The molecular weight excluding hydrogens is 510 g/mol. The Kier molecular flexibility index (Phi) is 7.35. The van der Waals surface area contributed by atoms with Crippen molar-refractivity contribution in [3.63, 3.8) is 0 Å². The molecule has 39 heavy (non-hydrogen) atoms. The number of aliphatic hydroxyl groups excluding tert-OH is 1. The van der Waals surface area contributed by atoms with Crippen LogP contribution in [0.25, 0.3) is 0 Å². The molecule has 6 atom stereocenters. The number of benzene rings is 1. The van der Waals surface area contributed by atoms with Crippen LogP contribution < -0.4 is 0 Å². The van der Waals surface area contributed by atoms with Crippen molar-refractivity contribution in [2.75, 3.05) is 26.2 Å². The van der Waals surface area contributed by atoms with Crippen molar-refractivity contribution < 1.29 is 19.5 Å². The molecule has 7 nitrogen and oxygen atoms in total. The molecule has 1 spiro atoms. The summed E-state index contributed by atoms with van der Waals surface area (Å²) in [5, 5.41) is 10.5. The van der Waals surface area contributed by atoms with Crippen LogP contribution in [0.2, 0.25) is 0 Å². The van der Waals surface area contributed by atoms with Gasteiger partial charge in [0.1, 0.15) is 6.04 Å². The van der Waals surface area contributed by atoms with Gasteiger partial charge in [-0.15, -0.1) is 11.8 Å². The topological polar surface area (TPSA) is 81.2 Å². The summed E-state index contributed by atoms with van der Waals surface area (Å²) in [5.41, 5.74) is 0.801. The molecule has 4 heterocycles. The van der Waals surface area contributed by atoms with Gasteiger partial charge in [-0.05, 0) is 24.8 Å². The third-order valence-corrected chi connectivity index (χ3v) is 11.2. The van der Waals surface area contributed by atoms with Crippen molar-refractivity contribution in [3.05, 3.63) is 60.2 Å². The van der Waals surface area contributed by atoms with Crippen LogP contribution in [0.4, 0.5) is 0 Å². The van der Waals surface area contributed by atoms with E-state index >= 15 is 0 Å². The van der Waals surface area contributed by atoms with E-state index in [1.54, 1.807) is 16.7 Å². The highest BCUT2D eigenvalue weighted by atomic mass is 32.2. The van der Waals surface area contributed by atoms with Crippen LogP contribution in [0.15, 0.2) is 54.6 Å². The summed E-state index contributed by atoms with van der Waals surface area (Å²) in [6, 6.07) is 8.24. The SMILES string of the molecule is CCCN1CC=C[C@@H]2S[C@]34C=CCN(C5CCCCC5)C(=O)C3N([C@H](CO)c3ccccc3)C(=O)[C@@H]4[C@@H]2C1=O. The summed E-state index contributed by atoms with van der Waals surface area (Å²) >= 11 is 1.62. The molecular formula is C31H39N3O4S. The first kappa shape index (κ1) is 26.6. The summed E-state index contributed by atoms with van der Waals surface area (Å²) in [6.07, 6.45) is 14.5. The molecule has 1 aromatic rings. The number of amides is 3. The molecule has 208 valence electrons. The monoisotopic (exact) mass is 549 g/mol. The Morgan fingerprint density at radius 2 is 1.77 bits per heavy atom. The summed E-state index contributed by atoms with van der Waals surface area (Å²) in [5.74, 6) is -1.41. The van der Waals surface area contributed by atoms with E-state index in [9.17, 15) is 19.5 Å². The zero-order valence-corrected chi connectivity index (χ0v) is 23.5. The van der Waals surface area contributed by atoms with Gasteiger partial charge in [0.15, 0.2) is 0 Å². The molecule has 2 saturated heterocycles. The molecule has 3 fully saturated rings. The summed E-state index contributed by atoms with van der Waals surface area (Å²) in [7, 11) is 0. The minimum Gasteiger partial charge on any atom is -0.394 e. The maximum atomic E-state index is 14.7. The van der Waals surface area contributed by atoms with Gasteiger partial charge in [0.05, 0.1) is 29.2 Å². The molecule has 4 aliphatic heterocycles. The lowest BCUT2D eigenvalue weighted by Gasteiger charge is -2.41. The lowest BCUT2D eigenvalue weighted by atomic mass is 9.78. The van der Waals surface area contributed by atoms with Crippen molar-refractivity contribution in [2.45, 2.75) is 73.6 Å².